The van der Waals surface area contributed by atoms with Crippen LogP contribution in [-0.2, 0) is 11.3 Å². The molecule has 134 valence electrons. The van der Waals surface area contributed by atoms with Crippen LogP contribution < -0.4 is 10.6 Å². The number of nitrogens with one attached hydrogen (secondary N) is 2. The molecule has 2 N–H and O–H groups in total. The molecule has 1 aliphatic rings. The van der Waals surface area contributed by atoms with Crippen LogP contribution in [0.25, 0.3) is 0 Å². The number of carbonyl (C=O) groups excluding carboxylic acids is 1. The molecule has 1 amide bonds. The molecule has 2 aromatic carbocycles. The molecule has 2 unspecified atom stereocenters. The summed E-state index contributed by atoms with van der Waals surface area (Å²) in [5.41, 5.74) is 2.92. The van der Waals surface area contributed by atoms with Gasteiger partial charge in [-0.2, -0.15) is 0 Å². The van der Waals surface area contributed by atoms with Crippen LogP contribution in [-0.4, -0.2) is 12.5 Å². The van der Waals surface area contributed by atoms with Crippen molar-refractivity contribution in [2.24, 2.45) is 5.92 Å². The predicted octanol–water partition coefficient (Wildman–Crippen LogP) is 5.27. The Hall–Kier alpha value is -1.26. The van der Waals surface area contributed by atoms with Gasteiger partial charge in [-0.1, -0.05) is 60.5 Å². The van der Waals surface area contributed by atoms with Gasteiger partial charge in [0.15, 0.2) is 0 Å². The molecule has 3 rings (SSSR count). The van der Waals surface area contributed by atoms with Gasteiger partial charge < -0.3 is 10.6 Å². The number of anilines is 1. The van der Waals surface area contributed by atoms with Gasteiger partial charge in [0.25, 0.3) is 0 Å². The standard InChI is InChI=1S/C19H20Cl2N2O.ClH/c1-2-22-11-12-6-3-4-9-17(12)23-19(24)15-10-14(15)13-7-5-8-16(20)18(13)21;/h3-9,14-15,22H,2,10-11H2,1H3,(H,23,24);1H. The molecule has 0 aliphatic heterocycles. The SMILES string of the molecule is CCNCc1ccccc1NC(=O)C1CC1c1cccc(Cl)c1Cl.Cl. The Balaban J connectivity index is 0.00000225. The van der Waals surface area contributed by atoms with E-state index in [9.17, 15) is 4.79 Å². The highest BCUT2D eigenvalue weighted by Gasteiger charge is 2.45. The van der Waals surface area contributed by atoms with E-state index >= 15 is 0 Å². The van der Waals surface area contributed by atoms with Crippen molar-refractivity contribution in [1.82, 2.24) is 5.32 Å². The van der Waals surface area contributed by atoms with Crippen molar-refractivity contribution in [1.29, 1.82) is 0 Å². The van der Waals surface area contributed by atoms with Crippen LogP contribution in [0, 0.1) is 5.92 Å². The summed E-state index contributed by atoms with van der Waals surface area (Å²) in [6.45, 7) is 3.69. The molecule has 3 nitrogen and oxygen atoms in total. The van der Waals surface area contributed by atoms with Crippen LogP contribution in [0.2, 0.25) is 10.0 Å². The smallest absolute Gasteiger partial charge is 0.228 e. The third-order valence-electron chi connectivity index (χ3n) is 4.35. The Labute approximate surface area is 164 Å². The molecule has 6 heteroatoms. The van der Waals surface area contributed by atoms with Gasteiger partial charge in [-0.25, -0.2) is 0 Å². The van der Waals surface area contributed by atoms with Gasteiger partial charge in [-0.05, 0) is 42.1 Å². The Bertz CT molecular complexity index is 751. The first-order valence-electron chi connectivity index (χ1n) is 8.15. The van der Waals surface area contributed by atoms with E-state index in [1.807, 2.05) is 36.4 Å². The average Bonchev–Trinajstić information content (AvgIpc) is 3.37. The number of hydrogen-bond acceptors (Lipinski definition) is 2. The number of benzene rings is 2. The van der Waals surface area contributed by atoms with Crippen LogP contribution in [0.5, 0.6) is 0 Å². The Morgan fingerprint density at radius 3 is 2.68 bits per heavy atom. The first kappa shape index (κ1) is 20.1. The highest BCUT2D eigenvalue weighted by molar-refractivity contribution is 6.42. The van der Waals surface area contributed by atoms with Crippen molar-refractivity contribution in [2.75, 3.05) is 11.9 Å². The van der Waals surface area contributed by atoms with Crippen LogP contribution in [0.4, 0.5) is 5.69 Å². The second-order valence-corrected chi connectivity index (χ2v) is 6.80. The zero-order valence-electron chi connectivity index (χ0n) is 13.9. The lowest BCUT2D eigenvalue weighted by Gasteiger charge is -2.11. The molecule has 0 radical (unpaired) electrons. The lowest BCUT2D eigenvalue weighted by Crippen LogP contribution is -2.18. The largest absolute Gasteiger partial charge is 0.326 e. The van der Waals surface area contributed by atoms with E-state index in [-0.39, 0.29) is 30.2 Å². The summed E-state index contributed by atoms with van der Waals surface area (Å²) in [4.78, 5) is 12.6. The van der Waals surface area contributed by atoms with E-state index in [2.05, 4.69) is 17.6 Å². The molecule has 1 fully saturated rings. The average molecular weight is 400 g/mol. The summed E-state index contributed by atoms with van der Waals surface area (Å²) >= 11 is 12.3. The fourth-order valence-corrected chi connectivity index (χ4v) is 3.36. The molecular weight excluding hydrogens is 379 g/mol. The van der Waals surface area contributed by atoms with Gasteiger partial charge in [-0.15, -0.1) is 12.4 Å². The van der Waals surface area contributed by atoms with Gasteiger partial charge in [0.2, 0.25) is 5.91 Å². The summed E-state index contributed by atoms with van der Waals surface area (Å²) in [5.74, 6) is 0.144. The summed E-state index contributed by atoms with van der Waals surface area (Å²) in [6, 6.07) is 13.5. The second-order valence-electron chi connectivity index (χ2n) is 6.02. The summed E-state index contributed by atoms with van der Waals surface area (Å²) in [5, 5.41) is 7.45. The van der Waals surface area contributed by atoms with Gasteiger partial charge >= 0.3 is 0 Å². The molecule has 0 aromatic heterocycles. The van der Waals surface area contributed by atoms with E-state index in [0.29, 0.717) is 10.0 Å². The highest BCUT2D eigenvalue weighted by Crippen LogP contribution is 2.51. The quantitative estimate of drug-likeness (QED) is 0.695. The number of rotatable bonds is 6. The normalized spacial score (nSPS) is 18.4. The van der Waals surface area contributed by atoms with Crippen molar-refractivity contribution >= 4 is 47.2 Å². The molecule has 25 heavy (non-hydrogen) atoms. The lowest BCUT2D eigenvalue weighted by molar-refractivity contribution is -0.117. The number of hydrogen-bond donors (Lipinski definition) is 2. The molecule has 2 aromatic rings. The summed E-state index contributed by atoms with van der Waals surface area (Å²) < 4.78 is 0. The molecule has 0 bridgehead atoms. The molecular formula is C19H21Cl3N2O. The molecule has 1 aliphatic carbocycles. The van der Waals surface area contributed by atoms with Crippen LogP contribution >= 0.6 is 35.6 Å². The fourth-order valence-electron chi connectivity index (χ4n) is 2.92. The number of amides is 1. The number of carbonyl (C=O) groups is 1. The highest BCUT2D eigenvalue weighted by atomic mass is 35.5. The van der Waals surface area contributed by atoms with Gasteiger partial charge in [-0.3, -0.25) is 4.79 Å². The van der Waals surface area contributed by atoms with Gasteiger partial charge in [0, 0.05) is 18.2 Å². The van der Waals surface area contributed by atoms with E-state index in [0.717, 1.165) is 36.3 Å². The Morgan fingerprint density at radius 2 is 1.92 bits per heavy atom. The van der Waals surface area contributed by atoms with E-state index in [1.54, 1.807) is 6.07 Å². The third-order valence-corrected chi connectivity index (χ3v) is 5.18. The molecule has 0 saturated heterocycles. The molecule has 0 spiro atoms. The van der Waals surface area contributed by atoms with Crippen LogP contribution in [0.15, 0.2) is 42.5 Å². The van der Waals surface area contributed by atoms with E-state index in [1.165, 1.54) is 0 Å². The van der Waals surface area contributed by atoms with E-state index in [4.69, 9.17) is 23.2 Å². The topological polar surface area (TPSA) is 41.1 Å². The first-order valence-corrected chi connectivity index (χ1v) is 8.90. The minimum absolute atomic E-state index is 0. The molecule has 2 atom stereocenters. The summed E-state index contributed by atoms with van der Waals surface area (Å²) in [7, 11) is 0. The lowest BCUT2D eigenvalue weighted by atomic mass is 10.1. The van der Waals surface area contributed by atoms with Crippen LogP contribution in [0.1, 0.15) is 30.4 Å². The Kier molecular flexibility index (Phi) is 7.14. The number of halogens is 3. The monoisotopic (exact) mass is 398 g/mol. The molecule has 0 heterocycles. The zero-order chi connectivity index (χ0) is 17.1. The fraction of sp³-hybridized carbons (Fsp3) is 0.316. The van der Waals surface area contributed by atoms with Gasteiger partial charge in [0.05, 0.1) is 10.0 Å². The van der Waals surface area contributed by atoms with Crippen LogP contribution in [0.3, 0.4) is 0 Å². The Morgan fingerprint density at radius 1 is 1.16 bits per heavy atom. The maximum Gasteiger partial charge on any atom is 0.228 e. The minimum atomic E-state index is -0.0480. The molecule has 1 saturated carbocycles. The first-order chi connectivity index (χ1) is 11.6. The number of para-hydroxylation sites is 1. The van der Waals surface area contributed by atoms with Gasteiger partial charge in [0.1, 0.15) is 0 Å². The second kappa shape index (κ2) is 8.91. The predicted molar refractivity (Wildman–Crippen MR) is 107 cm³/mol. The maximum atomic E-state index is 12.6. The van der Waals surface area contributed by atoms with Crippen molar-refractivity contribution < 1.29 is 4.79 Å². The third kappa shape index (κ3) is 4.68. The van der Waals surface area contributed by atoms with Crippen molar-refractivity contribution in [3.63, 3.8) is 0 Å². The van der Waals surface area contributed by atoms with E-state index < -0.39 is 0 Å². The zero-order valence-corrected chi connectivity index (χ0v) is 16.2. The van der Waals surface area contributed by atoms with Crippen molar-refractivity contribution in [3.8, 4) is 0 Å². The van der Waals surface area contributed by atoms with Crippen molar-refractivity contribution in [3.05, 3.63) is 63.6 Å². The summed E-state index contributed by atoms with van der Waals surface area (Å²) in [6.07, 6.45) is 0.807. The maximum absolute atomic E-state index is 12.6. The van der Waals surface area contributed by atoms with Crippen molar-refractivity contribution in [2.45, 2.75) is 25.8 Å². The minimum Gasteiger partial charge on any atom is -0.326 e.